The van der Waals surface area contributed by atoms with Crippen molar-refractivity contribution in [2.45, 2.75) is 45.1 Å². The first-order valence-electron chi connectivity index (χ1n) is 11.2. The molecule has 2 N–H and O–H groups in total. The minimum absolute atomic E-state index is 0.0492. The van der Waals surface area contributed by atoms with Gasteiger partial charge in [-0.05, 0) is 57.9 Å². The molecule has 33 heavy (non-hydrogen) atoms. The van der Waals surface area contributed by atoms with E-state index in [0.717, 1.165) is 30.2 Å². The lowest BCUT2D eigenvalue weighted by Gasteiger charge is -2.37. The molecule has 3 aromatic rings. The van der Waals surface area contributed by atoms with Crippen LogP contribution in [0.3, 0.4) is 0 Å². The van der Waals surface area contributed by atoms with Gasteiger partial charge in [0.15, 0.2) is 0 Å². The van der Waals surface area contributed by atoms with Gasteiger partial charge in [0, 0.05) is 37.0 Å². The van der Waals surface area contributed by atoms with Gasteiger partial charge in [0.2, 0.25) is 5.91 Å². The van der Waals surface area contributed by atoms with Gasteiger partial charge in [-0.3, -0.25) is 4.79 Å². The number of hydrogen-bond donors (Lipinski definition) is 2. The lowest BCUT2D eigenvalue weighted by atomic mass is 9.93. The van der Waals surface area contributed by atoms with Gasteiger partial charge in [0.05, 0.1) is 5.69 Å². The molecule has 0 aliphatic carbocycles. The highest BCUT2D eigenvalue weighted by Gasteiger charge is 2.35. The number of hydrogen-bond acceptors (Lipinski definition) is 6. The minimum Gasteiger partial charge on any atom is -0.369 e. The number of anilines is 3. The molecule has 3 heterocycles. The molecule has 8 heteroatoms. The summed E-state index contributed by atoms with van der Waals surface area (Å²) in [5.41, 5.74) is 0.285. The van der Waals surface area contributed by atoms with E-state index < -0.39 is 5.54 Å². The molecule has 0 radical (unpaired) electrons. The van der Waals surface area contributed by atoms with Crippen molar-refractivity contribution in [1.82, 2.24) is 19.9 Å². The topological polar surface area (TPSA) is 83.0 Å². The van der Waals surface area contributed by atoms with Crippen LogP contribution in [0.2, 0.25) is 0 Å². The van der Waals surface area contributed by atoms with Crippen LogP contribution in [-0.2, 0) is 4.79 Å². The summed E-state index contributed by atoms with van der Waals surface area (Å²) in [6, 6.07) is 14.0. The van der Waals surface area contributed by atoms with Crippen molar-refractivity contribution in [3.05, 3.63) is 72.1 Å². The molecular formula is C25H29FN6O. The molecule has 1 fully saturated rings. The highest BCUT2D eigenvalue weighted by atomic mass is 19.1. The highest BCUT2D eigenvalue weighted by Crippen LogP contribution is 2.29. The molecule has 1 aromatic carbocycles. The number of likely N-dealkylation sites (tertiary alicyclic amines) is 1. The van der Waals surface area contributed by atoms with Crippen molar-refractivity contribution in [3.63, 3.8) is 0 Å². The number of rotatable bonds is 6. The molecule has 1 aliphatic heterocycles. The summed E-state index contributed by atoms with van der Waals surface area (Å²) in [4.78, 5) is 28.7. The number of nitrogens with zero attached hydrogens (tertiary/aromatic N) is 4. The smallest absolute Gasteiger partial charge is 0.247 e. The Balaban J connectivity index is 1.40. The maximum absolute atomic E-state index is 14.1. The van der Waals surface area contributed by atoms with Crippen molar-refractivity contribution in [2.75, 3.05) is 23.7 Å². The SMILES string of the molecule is Cc1cc(Nc2ccccn2)nc(C2CCN(C(=O)C(C)(C)Nc3ccccc3F)CC2)n1. The number of para-hydroxylation sites is 1. The van der Waals surface area contributed by atoms with E-state index >= 15 is 0 Å². The van der Waals surface area contributed by atoms with Crippen LogP contribution in [0.1, 0.15) is 44.1 Å². The number of nitrogens with one attached hydrogen (secondary N) is 2. The Labute approximate surface area is 193 Å². The molecule has 0 atom stereocenters. The van der Waals surface area contributed by atoms with Crippen LogP contribution in [0, 0.1) is 12.7 Å². The zero-order valence-electron chi connectivity index (χ0n) is 19.2. The number of piperidine rings is 1. The predicted molar refractivity (Wildman–Crippen MR) is 127 cm³/mol. The van der Waals surface area contributed by atoms with Crippen LogP contribution in [0.25, 0.3) is 0 Å². The first-order chi connectivity index (χ1) is 15.8. The molecule has 4 rings (SSSR count). The lowest BCUT2D eigenvalue weighted by molar-refractivity contribution is -0.136. The van der Waals surface area contributed by atoms with Crippen LogP contribution < -0.4 is 10.6 Å². The summed E-state index contributed by atoms with van der Waals surface area (Å²) in [5, 5.41) is 6.29. The molecule has 1 aliphatic rings. The van der Waals surface area contributed by atoms with Gasteiger partial charge in [0.1, 0.15) is 28.8 Å². The van der Waals surface area contributed by atoms with Crippen LogP contribution >= 0.6 is 0 Å². The van der Waals surface area contributed by atoms with Gasteiger partial charge in [-0.15, -0.1) is 0 Å². The number of carbonyl (C=O) groups is 1. The summed E-state index contributed by atoms with van der Waals surface area (Å²) in [6.45, 7) is 6.73. The summed E-state index contributed by atoms with van der Waals surface area (Å²) in [7, 11) is 0. The quantitative estimate of drug-likeness (QED) is 0.571. The second-order valence-electron chi connectivity index (χ2n) is 8.89. The lowest BCUT2D eigenvalue weighted by Crippen LogP contribution is -2.52. The normalized spacial score (nSPS) is 14.7. The van der Waals surface area contributed by atoms with Gasteiger partial charge < -0.3 is 15.5 Å². The third-order valence-corrected chi connectivity index (χ3v) is 5.80. The third-order valence-electron chi connectivity index (χ3n) is 5.80. The zero-order valence-corrected chi connectivity index (χ0v) is 19.2. The fourth-order valence-corrected chi connectivity index (χ4v) is 4.09. The Morgan fingerprint density at radius 1 is 1.06 bits per heavy atom. The van der Waals surface area contributed by atoms with Crippen molar-refractivity contribution in [1.29, 1.82) is 0 Å². The molecule has 0 spiro atoms. The van der Waals surface area contributed by atoms with Crippen LogP contribution in [-0.4, -0.2) is 44.4 Å². The average molecular weight is 449 g/mol. The second kappa shape index (κ2) is 9.52. The second-order valence-corrected chi connectivity index (χ2v) is 8.89. The zero-order chi connectivity index (χ0) is 23.4. The summed E-state index contributed by atoms with van der Waals surface area (Å²) in [5.74, 6) is 1.97. The third kappa shape index (κ3) is 5.45. The molecule has 172 valence electrons. The number of halogens is 1. The number of pyridine rings is 1. The molecule has 0 bridgehead atoms. The first-order valence-corrected chi connectivity index (χ1v) is 11.2. The molecule has 1 amide bonds. The van der Waals surface area contributed by atoms with Gasteiger partial charge in [-0.1, -0.05) is 18.2 Å². The van der Waals surface area contributed by atoms with E-state index in [9.17, 15) is 9.18 Å². The molecule has 7 nitrogen and oxygen atoms in total. The number of carbonyl (C=O) groups excluding carboxylic acids is 1. The average Bonchev–Trinajstić information content (AvgIpc) is 2.80. The summed E-state index contributed by atoms with van der Waals surface area (Å²) < 4.78 is 14.1. The van der Waals surface area contributed by atoms with E-state index in [0.29, 0.717) is 24.6 Å². The van der Waals surface area contributed by atoms with Crippen LogP contribution in [0.5, 0.6) is 0 Å². The van der Waals surface area contributed by atoms with E-state index in [-0.39, 0.29) is 17.6 Å². The van der Waals surface area contributed by atoms with Gasteiger partial charge in [0.25, 0.3) is 0 Å². The summed E-state index contributed by atoms with van der Waals surface area (Å²) >= 11 is 0. The Bertz CT molecular complexity index is 1110. The predicted octanol–water partition coefficient (Wildman–Crippen LogP) is 4.66. The number of benzene rings is 1. The van der Waals surface area contributed by atoms with E-state index in [2.05, 4.69) is 20.6 Å². The first kappa shape index (κ1) is 22.6. The fourth-order valence-electron chi connectivity index (χ4n) is 4.09. The van der Waals surface area contributed by atoms with E-state index in [1.165, 1.54) is 6.07 Å². The number of aromatic nitrogens is 3. The Kier molecular flexibility index (Phi) is 6.53. The van der Waals surface area contributed by atoms with Crippen molar-refractivity contribution >= 4 is 23.2 Å². The Morgan fingerprint density at radius 2 is 1.79 bits per heavy atom. The monoisotopic (exact) mass is 448 g/mol. The molecule has 1 saturated heterocycles. The van der Waals surface area contributed by atoms with E-state index in [1.54, 1.807) is 38.2 Å². The molecule has 0 unspecified atom stereocenters. The number of amides is 1. The van der Waals surface area contributed by atoms with Crippen molar-refractivity contribution in [2.24, 2.45) is 0 Å². The molecular weight excluding hydrogens is 419 g/mol. The highest BCUT2D eigenvalue weighted by molar-refractivity contribution is 5.88. The van der Waals surface area contributed by atoms with Crippen molar-refractivity contribution in [3.8, 4) is 0 Å². The standard InChI is InChI=1S/C25H29FN6O/c1-17-16-22(29-21-10-6-7-13-27-21)30-23(28-17)18-11-14-32(15-12-18)24(33)25(2,3)31-20-9-5-4-8-19(20)26/h4-10,13,16,18,31H,11-12,14-15H2,1-3H3,(H,27,28,29,30). The maximum atomic E-state index is 14.1. The number of aryl methyl sites for hydroxylation is 1. The summed E-state index contributed by atoms with van der Waals surface area (Å²) in [6.07, 6.45) is 3.27. The van der Waals surface area contributed by atoms with Crippen LogP contribution in [0.15, 0.2) is 54.7 Å². The van der Waals surface area contributed by atoms with Gasteiger partial charge in [-0.2, -0.15) is 0 Å². The van der Waals surface area contributed by atoms with Crippen LogP contribution in [0.4, 0.5) is 21.7 Å². The molecule has 0 saturated carbocycles. The Morgan fingerprint density at radius 3 is 2.48 bits per heavy atom. The van der Waals surface area contributed by atoms with Crippen molar-refractivity contribution < 1.29 is 9.18 Å². The minimum atomic E-state index is -0.922. The van der Waals surface area contributed by atoms with E-state index in [4.69, 9.17) is 4.98 Å². The maximum Gasteiger partial charge on any atom is 0.247 e. The molecule has 2 aromatic heterocycles. The van der Waals surface area contributed by atoms with Gasteiger partial charge >= 0.3 is 0 Å². The fraction of sp³-hybridized carbons (Fsp3) is 0.360. The van der Waals surface area contributed by atoms with Gasteiger partial charge in [-0.25, -0.2) is 19.3 Å². The largest absolute Gasteiger partial charge is 0.369 e. The Hall–Kier alpha value is -3.55. The van der Waals surface area contributed by atoms with E-state index in [1.807, 2.05) is 36.1 Å².